The number of nitrogens with zero attached hydrogens (tertiary/aromatic N) is 3. The maximum absolute atomic E-state index is 5.01. The molecule has 130 valence electrons. The number of piperidine rings is 1. The van der Waals surface area contributed by atoms with Crippen LogP contribution in [0.25, 0.3) is 16.8 Å². The van der Waals surface area contributed by atoms with Crippen LogP contribution < -0.4 is 0 Å². The Kier molecular flexibility index (Phi) is 5.61. The zero-order valence-electron chi connectivity index (χ0n) is 15.1. The molecule has 0 saturated carbocycles. The van der Waals surface area contributed by atoms with Gasteiger partial charge in [0.1, 0.15) is 5.82 Å². The first-order valence-electron chi connectivity index (χ1n) is 8.87. The second kappa shape index (κ2) is 8.08. The van der Waals surface area contributed by atoms with E-state index in [-0.39, 0.29) is 0 Å². The molecule has 2 aromatic heterocycles. The third kappa shape index (κ3) is 3.97. The summed E-state index contributed by atoms with van der Waals surface area (Å²) in [5.74, 6) is 1.58. The van der Waals surface area contributed by atoms with Crippen molar-refractivity contribution >= 4 is 5.57 Å². The number of aromatic amines is 1. The topological polar surface area (TPSA) is 44.8 Å². The lowest BCUT2D eigenvalue weighted by Gasteiger charge is -2.27. The molecule has 3 rings (SSSR count). The molecule has 0 atom stereocenters. The SMILES string of the molecule is C=C/C=C(\C=C/C)c1nc(C2CCN(C)CC2)[nH]c1-c1ccncc1. The van der Waals surface area contributed by atoms with Crippen LogP contribution in [0, 0.1) is 0 Å². The van der Waals surface area contributed by atoms with Crippen LogP contribution in [0.15, 0.2) is 55.4 Å². The van der Waals surface area contributed by atoms with E-state index in [0.29, 0.717) is 5.92 Å². The van der Waals surface area contributed by atoms with Gasteiger partial charge in [0.2, 0.25) is 0 Å². The number of allylic oxidation sites excluding steroid dienone is 5. The molecule has 2 aromatic rings. The predicted molar refractivity (Wildman–Crippen MR) is 104 cm³/mol. The lowest BCUT2D eigenvalue weighted by atomic mass is 9.96. The first kappa shape index (κ1) is 17.4. The van der Waals surface area contributed by atoms with E-state index in [2.05, 4.69) is 34.6 Å². The summed E-state index contributed by atoms with van der Waals surface area (Å²) in [6.07, 6.45) is 13.9. The molecule has 0 unspecified atom stereocenters. The molecule has 1 aliphatic rings. The van der Waals surface area contributed by atoms with Crippen LogP contribution in [0.1, 0.15) is 37.2 Å². The number of aromatic nitrogens is 3. The van der Waals surface area contributed by atoms with Crippen molar-refractivity contribution < 1.29 is 0 Å². The van der Waals surface area contributed by atoms with E-state index in [0.717, 1.165) is 54.3 Å². The number of nitrogens with one attached hydrogen (secondary N) is 1. The lowest BCUT2D eigenvalue weighted by Crippen LogP contribution is -2.29. The summed E-state index contributed by atoms with van der Waals surface area (Å²) in [6, 6.07) is 4.05. The van der Waals surface area contributed by atoms with E-state index in [1.165, 1.54) is 0 Å². The van der Waals surface area contributed by atoms with E-state index in [1.54, 1.807) is 0 Å². The molecular weight excluding hydrogens is 308 g/mol. The van der Waals surface area contributed by atoms with Crippen molar-refractivity contribution in [1.82, 2.24) is 19.9 Å². The summed E-state index contributed by atoms with van der Waals surface area (Å²) in [5.41, 5.74) is 4.22. The summed E-state index contributed by atoms with van der Waals surface area (Å²) < 4.78 is 0. The Hall–Kier alpha value is -2.46. The van der Waals surface area contributed by atoms with Gasteiger partial charge < -0.3 is 9.88 Å². The number of rotatable bonds is 5. The molecule has 0 aliphatic carbocycles. The normalized spacial score (nSPS) is 17.3. The van der Waals surface area contributed by atoms with E-state index in [9.17, 15) is 0 Å². The number of hydrogen-bond acceptors (Lipinski definition) is 3. The van der Waals surface area contributed by atoms with Gasteiger partial charge in [-0.25, -0.2) is 4.98 Å². The third-order valence-electron chi connectivity index (χ3n) is 4.71. The number of pyridine rings is 1. The lowest BCUT2D eigenvalue weighted by molar-refractivity contribution is 0.251. The fraction of sp³-hybridized carbons (Fsp3) is 0.333. The Bertz CT molecular complexity index is 762. The summed E-state index contributed by atoms with van der Waals surface area (Å²) in [6.45, 7) is 8.11. The molecule has 25 heavy (non-hydrogen) atoms. The molecule has 1 saturated heterocycles. The fourth-order valence-corrected chi connectivity index (χ4v) is 3.32. The summed E-state index contributed by atoms with van der Waals surface area (Å²) in [4.78, 5) is 15.1. The predicted octanol–water partition coefficient (Wildman–Crippen LogP) is 4.43. The minimum atomic E-state index is 0.487. The quantitative estimate of drug-likeness (QED) is 0.823. The number of hydrogen-bond donors (Lipinski definition) is 1. The molecule has 4 nitrogen and oxygen atoms in total. The second-order valence-corrected chi connectivity index (χ2v) is 6.52. The van der Waals surface area contributed by atoms with Crippen LogP contribution in [-0.4, -0.2) is 40.0 Å². The number of imidazole rings is 1. The molecular formula is C21H26N4. The minimum Gasteiger partial charge on any atom is -0.341 e. The van der Waals surface area contributed by atoms with E-state index in [4.69, 9.17) is 4.98 Å². The van der Waals surface area contributed by atoms with Gasteiger partial charge in [0.05, 0.1) is 11.4 Å². The van der Waals surface area contributed by atoms with Crippen molar-refractivity contribution in [3.8, 4) is 11.3 Å². The van der Waals surface area contributed by atoms with Crippen molar-refractivity contribution in [2.45, 2.75) is 25.7 Å². The van der Waals surface area contributed by atoms with Crippen LogP contribution in [0.2, 0.25) is 0 Å². The molecule has 1 aliphatic heterocycles. The van der Waals surface area contributed by atoms with Gasteiger partial charge in [0.15, 0.2) is 0 Å². The Morgan fingerprint density at radius 2 is 2.00 bits per heavy atom. The van der Waals surface area contributed by atoms with Crippen molar-refractivity contribution in [1.29, 1.82) is 0 Å². The monoisotopic (exact) mass is 334 g/mol. The van der Waals surface area contributed by atoms with Crippen LogP contribution in [0.5, 0.6) is 0 Å². The fourth-order valence-electron chi connectivity index (χ4n) is 3.32. The zero-order valence-corrected chi connectivity index (χ0v) is 15.1. The minimum absolute atomic E-state index is 0.487. The van der Waals surface area contributed by atoms with Crippen LogP contribution in [-0.2, 0) is 0 Å². The van der Waals surface area contributed by atoms with Gasteiger partial charge in [0.25, 0.3) is 0 Å². The van der Waals surface area contributed by atoms with Gasteiger partial charge in [-0.1, -0.05) is 30.9 Å². The average molecular weight is 334 g/mol. The van der Waals surface area contributed by atoms with Crippen LogP contribution in [0.3, 0.4) is 0 Å². The van der Waals surface area contributed by atoms with Gasteiger partial charge in [-0.05, 0) is 52.0 Å². The standard InChI is InChI=1S/C21H26N4/c1-4-6-16(7-5-2)19-20(17-8-12-22-13-9-17)24-21(23-19)18-10-14-25(3)15-11-18/h4-9,12-13,18H,1,10-11,14-15H2,2-3H3,(H,23,24)/b7-5-,16-6+. The highest BCUT2D eigenvalue weighted by Gasteiger charge is 2.23. The Balaban J connectivity index is 2.05. The maximum atomic E-state index is 5.01. The molecule has 4 heteroatoms. The first-order chi connectivity index (χ1) is 12.2. The highest BCUT2D eigenvalue weighted by atomic mass is 15.1. The second-order valence-electron chi connectivity index (χ2n) is 6.52. The molecule has 0 spiro atoms. The molecule has 0 amide bonds. The van der Waals surface area contributed by atoms with Crippen molar-refractivity contribution in [2.24, 2.45) is 0 Å². The van der Waals surface area contributed by atoms with Gasteiger partial charge >= 0.3 is 0 Å². The van der Waals surface area contributed by atoms with Gasteiger partial charge in [0, 0.05) is 29.4 Å². The average Bonchev–Trinajstić information content (AvgIpc) is 3.08. The van der Waals surface area contributed by atoms with E-state index in [1.807, 2.05) is 49.7 Å². The summed E-state index contributed by atoms with van der Waals surface area (Å²) >= 11 is 0. The van der Waals surface area contributed by atoms with Crippen LogP contribution >= 0.6 is 0 Å². The molecule has 3 heterocycles. The van der Waals surface area contributed by atoms with Gasteiger partial charge in [-0.3, -0.25) is 4.98 Å². The number of H-pyrrole nitrogens is 1. The summed E-state index contributed by atoms with van der Waals surface area (Å²) in [5, 5.41) is 0. The molecule has 0 aromatic carbocycles. The maximum Gasteiger partial charge on any atom is 0.110 e. The highest BCUT2D eigenvalue weighted by molar-refractivity contribution is 5.82. The molecule has 0 bridgehead atoms. The van der Waals surface area contributed by atoms with Crippen molar-refractivity contribution in [3.63, 3.8) is 0 Å². The van der Waals surface area contributed by atoms with Gasteiger partial charge in [-0.15, -0.1) is 0 Å². The summed E-state index contributed by atoms with van der Waals surface area (Å²) in [7, 11) is 2.18. The Labute approximate surface area is 150 Å². The Morgan fingerprint density at radius 1 is 1.28 bits per heavy atom. The van der Waals surface area contributed by atoms with Crippen molar-refractivity contribution in [3.05, 3.63) is 66.9 Å². The zero-order chi connectivity index (χ0) is 17.6. The molecule has 1 N–H and O–H groups in total. The largest absolute Gasteiger partial charge is 0.341 e. The molecule has 1 fully saturated rings. The highest BCUT2D eigenvalue weighted by Crippen LogP contribution is 2.33. The van der Waals surface area contributed by atoms with Crippen molar-refractivity contribution in [2.75, 3.05) is 20.1 Å². The smallest absolute Gasteiger partial charge is 0.110 e. The van der Waals surface area contributed by atoms with Crippen LogP contribution in [0.4, 0.5) is 0 Å². The number of likely N-dealkylation sites (tertiary alicyclic amines) is 1. The third-order valence-corrected chi connectivity index (χ3v) is 4.71. The molecule has 0 radical (unpaired) electrons. The van der Waals surface area contributed by atoms with Gasteiger partial charge in [-0.2, -0.15) is 0 Å². The first-order valence-corrected chi connectivity index (χ1v) is 8.87. The van der Waals surface area contributed by atoms with E-state index >= 15 is 0 Å². The Morgan fingerprint density at radius 3 is 2.64 bits per heavy atom. The van der Waals surface area contributed by atoms with E-state index < -0.39 is 0 Å².